The predicted molar refractivity (Wildman–Crippen MR) is 81.7 cm³/mol. The van der Waals surface area contributed by atoms with Crippen LogP contribution in [0.4, 0.5) is 5.69 Å². The van der Waals surface area contributed by atoms with Crippen molar-refractivity contribution in [3.63, 3.8) is 0 Å². The second-order valence-corrected chi connectivity index (χ2v) is 4.56. The minimum atomic E-state index is -0.519. The number of amides is 1. The quantitative estimate of drug-likeness (QED) is 0.532. The van der Waals surface area contributed by atoms with Gasteiger partial charge in [-0.1, -0.05) is 12.1 Å². The number of benzene rings is 1. The number of aromatic nitrogens is 1. The van der Waals surface area contributed by atoms with Crippen LogP contribution in [0.3, 0.4) is 0 Å². The zero-order valence-corrected chi connectivity index (χ0v) is 12.1. The van der Waals surface area contributed by atoms with Gasteiger partial charge in [0.15, 0.2) is 0 Å². The van der Waals surface area contributed by atoms with Crippen LogP contribution in [-0.4, -0.2) is 21.5 Å². The van der Waals surface area contributed by atoms with Crippen LogP contribution in [-0.2, 0) is 0 Å². The minimum absolute atomic E-state index is 0.0990. The van der Waals surface area contributed by atoms with Crippen molar-refractivity contribution in [2.24, 2.45) is 5.10 Å². The molecule has 1 amide bonds. The van der Waals surface area contributed by atoms with Gasteiger partial charge in [0.1, 0.15) is 0 Å². The molecule has 7 heteroatoms. The van der Waals surface area contributed by atoms with Crippen molar-refractivity contribution in [2.75, 3.05) is 0 Å². The maximum absolute atomic E-state index is 12.1. The van der Waals surface area contributed by atoms with Crippen LogP contribution in [0.5, 0.6) is 0 Å². The number of nitro benzene ring substituents is 1. The van der Waals surface area contributed by atoms with Crippen LogP contribution in [0.15, 0.2) is 47.7 Å². The highest BCUT2D eigenvalue weighted by atomic mass is 16.6. The Morgan fingerprint density at radius 3 is 2.68 bits per heavy atom. The van der Waals surface area contributed by atoms with Crippen molar-refractivity contribution in [3.8, 4) is 0 Å². The first-order chi connectivity index (χ1) is 10.5. The van der Waals surface area contributed by atoms with E-state index in [1.807, 2.05) is 6.07 Å². The van der Waals surface area contributed by atoms with Crippen LogP contribution in [0.2, 0.25) is 0 Å². The summed E-state index contributed by atoms with van der Waals surface area (Å²) in [6.07, 6.45) is 1.63. The fourth-order valence-corrected chi connectivity index (χ4v) is 1.90. The number of hydrazone groups is 1. The molecule has 0 saturated carbocycles. The summed E-state index contributed by atoms with van der Waals surface area (Å²) < 4.78 is 0. The van der Waals surface area contributed by atoms with E-state index in [2.05, 4.69) is 15.5 Å². The molecule has 0 saturated heterocycles. The van der Waals surface area contributed by atoms with Crippen LogP contribution >= 0.6 is 0 Å². The van der Waals surface area contributed by atoms with E-state index < -0.39 is 10.8 Å². The van der Waals surface area contributed by atoms with Gasteiger partial charge < -0.3 is 0 Å². The Hall–Kier alpha value is -3.09. The van der Waals surface area contributed by atoms with Crippen LogP contribution in [0, 0.1) is 17.0 Å². The summed E-state index contributed by atoms with van der Waals surface area (Å²) in [6.45, 7) is 3.24. The van der Waals surface area contributed by atoms with Crippen molar-refractivity contribution in [3.05, 3.63) is 69.5 Å². The molecule has 112 valence electrons. The largest absolute Gasteiger partial charge is 0.273 e. The number of nitrogens with one attached hydrogen (secondary N) is 1. The number of pyridine rings is 1. The molecule has 0 aliphatic heterocycles. The molecule has 0 fully saturated rings. The molecule has 2 aromatic rings. The minimum Gasteiger partial charge on any atom is -0.267 e. The maximum atomic E-state index is 12.1. The van der Waals surface area contributed by atoms with Crippen molar-refractivity contribution < 1.29 is 9.72 Å². The molecule has 1 aromatic carbocycles. The standard InChI is InChI=1S/C15H14N4O3/c1-10-12(6-5-8-14(10)19(21)22)15(20)18-17-11(2)13-7-3-4-9-16-13/h3-9H,1-2H3,(H,18,20). The summed E-state index contributed by atoms with van der Waals surface area (Å²) in [7, 11) is 0. The van der Waals surface area contributed by atoms with Gasteiger partial charge in [0.25, 0.3) is 11.6 Å². The lowest BCUT2D eigenvalue weighted by atomic mass is 10.1. The number of hydrogen-bond acceptors (Lipinski definition) is 5. The Bertz CT molecular complexity index is 742. The molecular weight excluding hydrogens is 284 g/mol. The van der Waals surface area contributed by atoms with Crippen LogP contribution in [0.1, 0.15) is 28.5 Å². The first kappa shape index (κ1) is 15.3. The van der Waals surface area contributed by atoms with Crippen molar-refractivity contribution in [1.82, 2.24) is 10.4 Å². The third-order valence-corrected chi connectivity index (χ3v) is 3.11. The highest BCUT2D eigenvalue weighted by Crippen LogP contribution is 2.20. The second kappa shape index (κ2) is 6.57. The van der Waals surface area contributed by atoms with E-state index in [9.17, 15) is 14.9 Å². The van der Waals surface area contributed by atoms with E-state index in [4.69, 9.17) is 0 Å². The zero-order chi connectivity index (χ0) is 16.1. The molecule has 0 radical (unpaired) electrons. The summed E-state index contributed by atoms with van der Waals surface area (Å²) in [5.41, 5.74) is 3.98. The van der Waals surface area contributed by atoms with Gasteiger partial charge in [-0.2, -0.15) is 5.10 Å². The Balaban J connectivity index is 2.20. The number of nitro groups is 1. The van der Waals surface area contributed by atoms with E-state index in [1.54, 1.807) is 25.3 Å². The Labute approximate surface area is 126 Å². The average Bonchev–Trinajstić information content (AvgIpc) is 2.53. The van der Waals surface area contributed by atoms with Gasteiger partial charge >= 0.3 is 0 Å². The third kappa shape index (κ3) is 3.32. The summed E-state index contributed by atoms with van der Waals surface area (Å²) in [6, 6.07) is 9.70. The van der Waals surface area contributed by atoms with E-state index >= 15 is 0 Å². The number of carbonyl (C=O) groups is 1. The smallest absolute Gasteiger partial charge is 0.267 e. The van der Waals surface area contributed by atoms with Crippen molar-refractivity contribution in [1.29, 1.82) is 0 Å². The van der Waals surface area contributed by atoms with E-state index in [-0.39, 0.29) is 11.3 Å². The molecule has 0 atom stereocenters. The van der Waals surface area contributed by atoms with Gasteiger partial charge in [0, 0.05) is 17.8 Å². The summed E-state index contributed by atoms with van der Waals surface area (Å²) >= 11 is 0. The summed E-state index contributed by atoms with van der Waals surface area (Å²) in [4.78, 5) is 26.6. The molecule has 0 aliphatic carbocycles. The lowest BCUT2D eigenvalue weighted by molar-refractivity contribution is -0.385. The van der Waals surface area contributed by atoms with Gasteiger partial charge in [0.05, 0.1) is 21.9 Å². The molecule has 1 heterocycles. The Morgan fingerprint density at radius 2 is 2.05 bits per heavy atom. The lowest BCUT2D eigenvalue weighted by Crippen LogP contribution is -2.20. The molecule has 1 N–H and O–H groups in total. The number of nitrogens with zero attached hydrogens (tertiary/aromatic N) is 3. The van der Waals surface area contributed by atoms with Crippen LogP contribution in [0.25, 0.3) is 0 Å². The zero-order valence-electron chi connectivity index (χ0n) is 12.1. The molecule has 0 aliphatic rings. The molecule has 2 rings (SSSR count). The lowest BCUT2D eigenvalue weighted by Gasteiger charge is -2.05. The third-order valence-electron chi connectivity index (χ3n) is 3.11. The predicted octanol–water partition coefficient (Wildman–Crippen LogP) is 2.45. The average molecular weight is 298 g/mol. The molecule has 7 nitrogen and oxygen atoms in total. The Morgan fingerprint density at radius 1 is 1.27 bits per heavy atom. The monoisotopic (exact) mass is 298 g/mol. The number of carbonyl (C=O) groups excluding carboxylic acids is 1. The van der Waals surface area contributed by atoms with E-state index in [0.717, 1.165) is 0 Å². The van der Waals surface area contributed by atoms with Gasteiger partial charge in [-0.25, -0.2) is 5.43 Å². The number of rotatable bonds is 4. The maximum Gasteiger partial charge on any atom is 0.273 e. The van der Waals surface area contributed by atoms with Gasteiger partial charge in [-0.15, -0.1) is 0 Å². The SMILES string of the molecule is CC(=NNC(=O)c1cccc([N+](=O)[O-])c1C)c1ccccn1. The fraction of sp³-hybridized carbons (Fsp3) is 0.133. The van der Waals surface area contributed by atoms with Gasteiger partial charge in [-0.3, -0.25) is 19.9 Å². The van der Waals surface area contributed by atoms with Crippen molar-refractivity contribution >= 4 is 17.3 Å². The second-order valence-electron chi connectivity index (χ2n) is 4.56. The highest BCUT2D eigenvalue weighted by molar-refractivity contribution is 6.00. The van der Waals surface area contributed by atoms with Crippen LogP contribution < -0.4 is 5.43 Å². The molecule has 0 unspecified atom stereocenters. The summed E-state index contributed by atoms with van der Waals surface area (Å²) in [5, 5.41) is 14.9. The first-order valence-electron chi connectivity index (χ1n) is 6.50. The molecule has 1 aromatic heterocycles. The molecule has 0 spiro atoms. The first-order valence-corrected chi connectivity index (χ1v) is 6.50. The molecule has 0 bridgehead atoms. The van der Waals surface area contributed by atoms with Gasteiger partial charge in [-0.05, 0) is 32.0 Å². The highest BCUT2D eigenvalue weighted by Gasteiger charge is 2.17. The topological polar surface area (TPSA) is 97.5 Å². The van der Waals surface area contributed by atoms with E-state index in [1.165, 1.54) is 25.1 Å². The molecule has 22 heavy (non-hydrogen) atoms. The summed E-state index contributed by atoms with van der Waals surface area (Å²) in [5.74, 6) is -0.503. The molecular formula is C15H14N4O3. The fourth-order valence-electron chi connectivity index (χ4n) is 1.90. The number of hydrogen-bond donors (Lipinski definition) is 1. The normalized spacial score (nSPS) is 11.1. The van der Waals surface area contributed by atoms with Gasteiger partial charge in [0.2, 0.25) is 0 Å². The van der Waals surface area contributed by atoms with Crippen molar-refractivity contribution in [2.45, 2.75) is 13.8 Å². The van der Waals surface area contributed by atoms with E-state index in [0.29, 0.717) is 17.0 Å². The Kier molecular flexibility index (Phi) is 4.57.